The average molecular weight is 256 g/mol. The molecule has 1 aliphatic rings. The molecule has 1 aliphatic heterocycles. The van der Waals surface area contributed by atoms with Gasteiger partial charge in [0.1, 0.15) is 0 Å². The van der Waals surface area contributed by atoms with E-state index in [-0.39, 0.29) is 0 Å². The first-order valence-electron chi connectivity index (χ1n) is 7.72. The molecule has 0 aromatic heterocycles. The Labute approximate surface area is 113 Å². The van der Waals surface area contributed by atoms with Crippen LogP contribution in [0.2, 0.25) is 0 Å². The van der Waals surface area contributed by atoms with Gasteiger partial charge in [0.2, 0.25) is 0 Å². The average Bonchev–Trinajstić information content (AvgIpc) is 2.36. The minimum atomic E-state index is 0.409. The maximum atomic E-state index is 5.66. The summed E-state index contributed by atoms with van der Waals surface area (Å²) < 4.78 is 5.66. The van der Waals surface area contributed by atoms with Crippen LogP contribution in [0.15, 0.2) is 0 Å². The Morgan fingerprint density at radius 3 is 2.83 bits per heavy atom. The largest absolute Gasteiger partial charge is 0.376 e. The molecule has 0 aromatic rings. The fraction of sp³-hybridized carbons (Fsp3) is 1.00. The summed E-state index contributed by atoms with van der Waals surface area (Å²) in [6, 6.07) is 1.27. The first-order valence-corrected chi connectivity index (χ1v) is 7.72. The van der Waals surface area contributed by atoms with Crippen molar-refractivity contribution in [2.45, 2.75) is 71.6 Å². The van der Waals surface area contributed by atoms with Gasteiger partial charge in [-0.1, -0.05) is 13.3 Å². The van der Waals surface area contributed by atoms with E-state index in [1.807, 2.05) is 0 Å². The Bertz CT molecular complexity index is 211. The van der Waals surface area contributed by atoms with E-state index in [0.717, 1.165) is 19.7 Å². The van der Waals surface area contributed by atoms with Crippen LogP contribution < -0.4 is 5.32 Å². The number of nitrogens with zero attached hydrogens (tertiary/aromatic N) is 1. The summed E-state index contributed by atoms with van der Waals surface area (Å²) in [4.78, 5) is 2.58. The zero-order valence-corrected chi connectivity index (χ0v) is 12.7. The van der Waals surface area contributed by atoms with Gasteiger partial charge in [-0.2, -0.15) is 0 Å². The van der Waals surface area contributed by atoms with Crippen molar-refractivity contribution >= 4 is 0 Å². The number of ether oxygens (including phenoxy) is 1. The molecular formula is C15H32N2O. The molecule has 0 spiro atoms. The fourth-order valence-electron chi connectivity index (χ4n) is 2.54. The maximum Gasteiger partial charge on any atom is 0.0674 e. The minimum Gasteiger partial charge on any atom is -0.376 e. The first-order chi connectivity index (χ1) is 8.63. The van der Waals surface area contributed by atoms with E-state index in [1.165, 1.54) is 32.2 Å². The van der Waals surface area contributed by atoms with E-state index in [0.29, 0.717) is 18.2 Å². The molecular weight excluding hydrogens is 224 g/mol. The number of hydrogen-bond acceptors (Lipinski definition) is 3. The van der Waals surface area contributed by atoms with Gasteiger partial charge in [-0.05, 0) is 53.1 Å². The lowest BCUT2D eigenvalue weighted by molar-refractivity contribution is -0.0496. The number of rotatable bonds is 8. The molecule has 3 nitrogen and oxygen atoms in total. The van der Waals surface area contributed by atoms with Crippen molar-refractivity contribution in [2.75, 3.05) is 26.2 Å². The third kappa shape index (κ3) is 6.17. The predicted octanol–water partition coefficient (Wildman–Crippen LogP) is 2.65. The lowest BCUT2D eigenvalue weighted by Crippen LogP contribution is -2.47. The summed E-state index contributed by atoms with van der Waals surface area (Å²) in [6.45, 7) is 13.4. The monoisotopic (exact) mass is 256 g/mol. The Hall–Kier alpha value is -0.120. The zero-order chi connectivity index (χ0) is 13.4. The van der Waals surface area contributed by atoms with Crippen LogP contribution in [-0.4, -0.2) is 49.3 Å². The minimum absolute atomic E-state index is 0.409. The summed E-state index contributed by atoms with van der Waals surface area (Å²) >= 11 is 0. The van der Waals surface area contributed by atoms with Crippen LogP contribution >= 0.6 is 0 Å². The van der Waals surface area contributed by atoms with Crippen LogP contribution in [0, 0.1) is 0 Å². The van der Waals surface area contributed by atoms with Crippen LogP contribution in [0.1, 0.15) is 53.4 Å². The Kier molecular flexibility index (Phi) is 7.87. The highest BCUT2D eigenvalue weighted by Crippen LogP contribution is 2.12. The lowest BCUT2D eigenvalue weighted by atomic mass is 10.1. The van der Waals surface area contributed by atoms with E-state index >= 15 is 0 Å². The molecule has 0 aromatic carbocycles. The van der Waals surface area contributed by atoms with Gasteiger partial charge < -0.3 is 10.1 Å². The van der Waals surface area contributed by atoms with E-state index in [2.05, 4.69) is 37.9 Å². The van der Waals surface area contributed by atoms with Gasteiger partial charge in [-0.15, -0.1) is 0 Å². The Morgan fingerprint density at radius 2 is 2.11 bits per heavy atom. The van der Waals surface area contributed by atoms with E-state index in [1.54, 1.807) is 0 Å². The third-order valence-electron chi connectivity index (χ3n) is 3.81. The van der Waals surface area contributed by atoms with Gasteiger partial charge in [-0.3, -0.25) is 4.90 Å². The zero-order valence-electron chi connectivity index (χ0n) is 12.7. The van der Waals surface area contributed by atoms with E-state index < -0.39 is 0 Å². The molecule has 3 heteroatoms. The molecule has 0 radical (unpaired) electrons. The predicted molar refractivity (Wildman–Crippen MR) is 78.1 cm³/mol. The number of nitrogens with one attached hydrogen (secondary N) is 1. The molecule has 1 rings (SSSR count). The highest BCUT2D eigenvalue weighted by Gasteiger charge is 2.22. The molecule has 3 unspecified atom stereocenters. The van der Waals surface area contributed by atoms with Crippen LogP contribution in [-0.2, 0) is 4.74 Å². The molecule has 1 fully saturated rings. The third-order valence-corrected chi connectivity index (χ3v) is 3.81. The molecule has 18 heavy (non-hydrogen) atoms. The molecule has 108 valence electrons. The summed E-state index contributed by atoms with van der Waals surface area (Å²) in [5, 5.41) is 3.55. The summed E-state index contributed by atoms with van der Waals surface area (Å²) in [5.41, 5.74) is 0. The first kappa shape index (κ1) is 15.9. The molecule has 1 heterocycles. The van der Waals surface area contributed by atoms with Crippen LogP contribution in [0.4, 0.5) is 0 Å². The lowest BCUT2D eigenvalue weighted by Gasteiger charge is -2.36. The second-order valence-electron chi connectivity index (χ2n) is 5.84. The van der Waals surface area contributed by atoms with Crippen molar-refractivity contribution in [2.24, 2.45) is 0 Å². The van der Waals surface area contributed by atoms with Crippen molar-refractivity contribution in [3.8, 4) is 0 Å². The Balaban J connectivity index is 2.06. The summed E-state index contributed by atoms with van der Waals surface area (Å²) in [5.74, 6) is 0. The Morgan fingerprint density at radius 1 is 1.33 bits per heavy atom. The van der Waals surface area contributed by atoms with Crippen molar-refractivity contribution in [3.05, 3.63) is 0 Å². The molecule has 0 amide bonds. The molecule has 0 bridgehead atoms. The molecule has 0 saturated carbocycles. The van der Waals surface area contributed by atoms with Gasteiger partial charge in [0.05, 0.1) is 12.7 Å². The topological polar surface area (TPSA) is 24.5 Å². The van der Waals surface area contributed by atoms with Crippen LogP contribution in [0.5, 0.6) is 0 Å². The number of hydrogen-bond donors (Lipinski definition) is 1. The molecule has 3 atom stereocenters. The van der Waals surface area contributed by atoms with Crippen molar-refractivity contribution in [1.29, 1.82) is 0 Å². The second-order valence-corrected chi connectivity index (χ2v) is 5.84. The maximum absolute atomic E-state index is 5.66. The molecule has 0 aliphatic carbocycles. The van der Waals surface area contributed by atoms with Crippen LogP contribution in [0.3, 0.4) is 0 Å². The highest BCUT2D eigenvalue weighted by molar-refractivity contribution is 4.75. The quantitative estimate of drug-likeness (QED) is 0.676. The van der Waals surface area contributed by atoms with Crippen molar-refractivity contribution in [1.82, 2.24) is 10.2 Å². The normalized spacial score (nSPS) is 27.3. The molecule has 1 saturated heterocycles. The summed E-state index contributed by atoms with van der Waals surface area (Å²) in [6.07, 6.45) is 5.58. The van der Waals surface area contributed by atoms with Gasteiger partial charge >= 0.3 is 0 Å². The smallest absolute Gasteiger partial charge is 0.0674 e. The van der Waals surface area contributed by atoms with Gasteiger partial charge in [0, 0.05) is 18.6 Å². The molecule has 1 N–H and O–H groups in total. The van der Waals surface area contributed by atoms with Crippen LogP contribution in [0.25, 0.3) is 0 Å². The fourth-order valence-corrected chi connectivity index (χ4v) is 2.54. The van der Waals surface area contributed by atoms with Gasteiger partial charge in [0.25, 0.3) is 0 Å². The number of unbranched alkanes of at least 4 members (excludes halogenated alkanes) is 1. The number of morpholine rings is 1. The van der Waals surface area contributed by atoms with Crippen molar-refractivity contribution in [3.63, 3.8) is 0 Å². The van der Waals surface area contributed by atoms with E-state index in [4.69, 9.17) is 4.74 Å². The second kappa shape index (κ2) is 8.89. The van der Waals surface area contributed by atoms with E-state index in [9.17, 15) is 0 Å². The van der Waals surface area contributed by atoms with Crippen molar-refractivity contribution < 1.29 is 4.74 Å². The SMILES string of the molecule is CCCNC(C)CCCCN1CC(C)OCC1C. The van der Waals surface area contributed by atoms with Gasteiger partial charge in [0.15, 0.2) is 0 Å². The van der Waals surface area contributed by atoms with Gasteiger partial charge in [-0.25, -0.2) is 0 Å². The highest BCUT2D eigenvalue weighted by atomic mass is 16.5. The summed E-state index contributed by atoms with van der Waals surface area (Å²) in [7, 11) is 0. The standard InChI is InChI=1S/C15H32N2O/c1-5-9-16-13(2)8-6-7-10-17-11-15(4)18-12-14(17)3/h13-16H,5-12H2,1-4H3.